The van der Waals surface area contributed by atoms with Crippen molar-refractivity contribution in [3.05, 3.63) is 12.2 Å². The van der Waals surface area contributed by atoms with Gasteiger partial charge in [0.2, 0.25) is 0 Å². The molecule has 0 spiro atoms. The van der Waals surface area contributed by atoms with Crippen molar-refractivity contribution in [1.29, 1.82) is 0 Å². The van der Waals surface area contributed by atoms with E-state index in [-0.39, 0.29) is 51.4 Å². The first-order chi connectivity index (χ1) is 11.9. The fraction of sp³-hybridized carbons (Fsp3) is 0.800. The van der Waals surface area contributed by atoms with E-state index in [2.05, 4.69) is 27.7 Å². The Morgan fingerprint density at radius 1 is 0.654 bits per heavy atom. The molecular formula is C20H41KNO4+. The summed E-state index contributed by atoms with van der Waals surface area (Å²) in [5.41, 5.74) is 0. The number of carbonyl (C=O) groups is 2. The number of unbranched alkanes of at least 4 members (excludes halogenated alkanes) is 4. The van der Waals surface area contributed by atoms with Crippen LogP contribution in [-0.2, 0) is 9.59 Å². The summed E-state index contributed by atoms with van der Waals surface area (Å²) in [4.78, 5) is 19.1. The van der Waals surface area contributed by atoms with Crippen molar-refractivity contribution in [1.82, 2.24) is 0 Å². The zero-order chi connectivity index (χ0) is 19.6. The van der Waals surface area contributed by atoms with Crippen LogP contribution in [0, 0.1) is 0 Å². The van der Waals surface area contributed by atoms with Crippen LogP contribution in [0.4, 0.5) is 0 Å². The predicted octanol–water partition coefficient (Wildman–Crippen LogP) is 4.07. The second kappa shape index (κ2) is 21.6. The van der Waals surface area contributed by atoms with E-state index in [1.54, 1.807) is 0 Å². The maximum atomic E-state index is 9.55. The molecule has 2 N–H and O–H groups in total. The first-order valence-corrected chi connectivity index (χ1v) is 9.86. The summed E-state index contributed by atoms with van der Waals surface area (Å²) in [6, 6.07) is 0. The third-order valence-electron chi connectivity index (χ3n) is 4.31. The number of hydrogen-bond donors (Lipinski definition) is 2. The molecule has 6 heteroatoms. The van der Waals surface area contributed by atoms with Gasteiger partial charge in [0.15, 0.2) is 0 Å². The van der Waals surface area contributed by atoms with Crippen LogP contribution in [0.3, 0.4) is 0 Å². The molecule has 0 fully saturated rings. The average molecular weight is 399 g/mol. The number of aliphatic carboxylic acids is 2. The van der Waals surface area contributed by atoms with Gasteiger partial charge < -0.3 is 14.7 Å². The Kier molecular flexibility index (Phi) is 25.7. The minimum absolute atomic E-state index is 0. The van der Waals surface area contributed by atoms with Crippen LogP contribution >= 0.6 is 0 Å². The van der Waals surface area contributed by atoms with Gasteiger partial charge >= 0.3 is 63.3 Å². The quantitative estimate of drug-likeness (QED) is 0.263. The van der Waals surface area contributed by atoms with Crippen LogP contribution in [0.1, 0.15) is 79.1 Å². The van der Waals surface area contributed by atoms with Gasteiger partial charge in [-0.25, -0.2) is 9.59 Å². The van der Waals surface area contributed by atoms with Gasteiger partial charge in [-0.1, -0.05) is 53.4 Å². The van der Waals surface area contributed by atoms with Gasteiger partial charge in [-0.05, 0) is 25.7 Å². The average Bonchev–Trinajstić information content (AvgIpc) is 2.59. The Balaban J connectivity index is -0.000000498. The molecule has 0 aromatic carbocycles. The van der Waals surface area contributed by atoms with E-state index in [0.717, 1.165) is 0 Å². The van der Waals surface area contributed by atoms with Gasteiger partial charge in [0, 0.05) is 12.2 Å². The Labute approximate surface area is 203 Å². The van der Waals surface area contributed by atoms with Crippen LogP contribution in [0.5, 0.6) is 0 Å². The van der Waals surface area contributed by atoms with Crippen molar-refractivity contribution < 1.29 is 24.3 Å². The third kappa shape index (κ3) is 20.6. The molecule has 0 radical (unpaired) electrons. The molecule has 0 heterocycles. The second-order valence-electron chi connectivity index (χ2n) is 6.66. The molecule has 0 amide bonds. The minimum atomic E-state index is -1.26. The van der Waals surface area contributed by atoms with E-state index in [4.69, 9.17) is 10.2 Å². The summed E-state index contributed by atoms with van der Waals surface area (Å²) >= 11 is 0. The molecule has 0 aromatic rings. The predicted molar refractivity (Wildman–Crippen MR) is 111 cm³/mol. The standard InChI is InChI=1S/C16H36N.C4H4O4.K.H/c1-5-9-13-17(14-10-6-2,15-11-7-3)16-12-8-4;5-3(6)1-2-4(7)8;;/h5-16H2,1-4H3;1-2H,(H,5,6)(H,7,8);;/q+1;;;/b;2-1-;;. The van der Waals surface area contributed by atoms with Crippen LogP contribution in [0.25, 0.3) is 0 Å². The summed E-state index contributed by atoms with van der Waals surface area (Å²) in [6.07, 6.45) is 12.2. The molecular weight excluding hydrogens is 357 g/mol. The number of hydrogen-bond acceptors (Lipinski definition) is 2. The molecule has 0 aliphatic carbocycles. The Morgan fingerprint density at radius 3 is 1.04 bits per heavy atom. The maximum absolute atomic E-state index is 9.55. The summed E-state index contributed by atoms with van der Waals surface area (Å²) in [5.74, 6) is -2.51. The summed E-state index contributed by atoms with van der Waals surface area (Å²) in [7, 11) is 0. The van der Waals surface area contributed by atoms with Crippen molar-refractivity contribution in [3.63, 3.8) is 0 Å². The first kappa shape index (κ1) is 31.0. The van der Waals surface area contributed by atoms with Crippen LogP contribution in [0.15, 0.2) is 12.2 Å². The Hall–Kier alpha value is 0.276. The summed E-state index contributed by atoms with van der Waals surface area (Å²) < 4.78 is 1.42. The van der Waals surface area contributed by atoms with Crippen molar-refractivity contribution in [2.75, 3.05) is 26.2 Å². The van der Waals surface area contributed by atoms with Gasteiger partial charge in [-0.2, -0.15) is 0 Å². The monoisotopic (exact) mass is 398 g/mol. The van der Waals surface area contributed by atoms with E-state index in [1.807, 2.05) is 0 Å². The fourth-order valence-corrected chi connectivity index (χ4v) is 2.79. The van der Waals surface area contributed by atoms with E-state index in [1.165, 1.54) is 82.0 Å². The number of carboxylic acids is 2. The molecule has 0 atom stereocenters. The van der Waals surface area contributed by atoms with E-state index < -0.39 is 11.9 Å². The van der Waals surface area contributed by atoms with Crippen molar-refractivity contribution in [2.45, 2.75) is 79.1 Å². The summed E-state index contributed by atoms with van der Waals surface area (Å²) in [6.45, 7) is 15.0. The van der Waals surface area contributed by atoms with Crippen LogP contribution in [0.2, 0.25) is 0 Å². The molecule has 0 unspecified atom stereocenters. The first-order valence-electron chi connectivity index (χ1n) is 9.86. The number of quaternary nitrogens is 1. The van der Waals surface area contributed by atoms with E-state index >= 15 is 0 Å². The molecule has 0 saturated carbocycles. The number of carboxylic acid groups (broad SMARTS) is 2. The van der Waals surface area contributed by atoms with Crippen LogP contribution in [-0.4, -0.2) is 104 Å². The topological polar surface area (TPSA) is 74.6 Å². The van der Waals surface area contributed by atoms with Gasteiger partial charge in [-0.3, -0.25) is 0 Å². The molecule has 0 aliphatic rings. The van der Waals surface area contributed by atoms with E-state index in [9.17, 15) is 9.59 Å². The molecule has 0 aromatic heterocycles. The second-order valence-corrected chi connectivity index (χ2v) is 6.66. The zero-order valence-electron chi connectivity index (χ0n) is 16.8. The molecule has 150 valence electrons. The van der Waals surface area contributed by atoms with Gasteiger partial charge in [-0.15, -0.1) is 0 Å². The van der Waals surface area contributed by atoms with Gasteiger partial charge in [0.05, 0.1) is 26.2 Å². The summed E-state index contributed by atoms with van der Waals surface area (Å²) in [5, 5.41) is 15.6. The van der Waals surface area contributed by atoms with Crippen molar-refractivity contribution >= 4 is 63.3 Å². The zero-order valence-corrected chi connectivity index (χ0v) is 16.8. The van der Waals surface area contributed by atoms with Gasteiger partial charge in [0.1, 0.15) is 0 Å². The van der Waals surface area contributed by atoms with Gasteiger partial charge in [0.25, 0.3) is 0 Å². The van der Waals surface area contributed by atoms with Crippen LogP contribution < -0.4 is 0 Å². The molecule has 5 nitrogen and oxygen atoms in total. The molecule has 0 rings (SSSR count). The SMILES string of the molecule is CCCC[N+](CCCC)(CCCC)CCCC.O=C(O)/C=C\C(=O)O.[KH]. The number of nitrogens with zero attached hydrogens (tertiary/aromatic N) is 1. The number of rotatable bonds is 14. The van der Waals surface area contributed by atoms with Crippen molar-refractivity contribution in [2.24, 2.45) is 0 Å². The molecule has 0 saturated heterocycles. The third-order valence-corrected chi connectivity index (χ3v) is 4.31. The Bertz CT molecular complexity index is 319. The van der Waals surface area contributed by atoms with E-state index in [0.29, 0.717) is 12.2 Å². The normalized spacial score (nSPS) is 10.8. The van der Waals surface area contributed by atoms with Crippen molar-refractivity contribution in [3.8, 4) is 0 Å². The molecule has 26 heavy (non-hydrogen) atoms. The molecule has 0 bridgehead atoms. The fourth-order valence-electron chi connectivity index (χ4n) is 2.79. The molecule has 0 aliphatic heterocycles. The Morgan fingerprint density at radius 2 is 0.885 bits per heavy atom.